The van der Waals surface area contributed by atoms with Crippen LogP contribution < -0.4 is 0 Å². The molecule has 1 heterocycles. The molecule has 1 aromatic heterocycles. The number of hydrogen-bond donors (Lipinski definition) is 0. The number of aryl methyl sites for hydroxylation is 1. The number of para-hydroxylation sites is 2. The van der Waals surface area contributed by atoms with E-state index in [1.165, 1.54) is 5.57 Å². The van der Waals surface area contributed by atoms with Crippen LogP contribution in [0.4, 0.5) is 0 Å². The van der Waals surface area contributed by atoms with Gasteiger partial charge in [-0.15, -0.1) is 0 Å². The second-order valence-electron chi connectivity index (χ2n) is 6.09. The second-order valence-corrected chi connectivity index (χ2v) is 8.02. The molecule has 0 spiro atoms. The van der Waals surface area contributed by atoms with Crippen LogP contribution >= 0.6 is 0 Å². The van der Waals surface area contributed by atoms with Crippen molar-refractivity contribution in [1.82, 2.24) is 9.55 Å². The molecular weight excluding hydrogens is 308 g/mol. The van der Waals surface area contributed by atoms with E-state index in [2.05, 4.69) is 24.9 Å². The van der Waals surface area contributed by atoms with Gasteiger partial charge in [-0.2, -0.15) is 0 Å². The first kappa shape index (κ1) is 17.5. The van der Waals surface area contributed by atoms with Gasteiger partial charge in [0.2, 0.25) is 15.0 Å². The number of hydrogen-bond acceptors (Lipinski definition) is 3. The first-order chi connectivity index (χ1) is 10.8. The molecule has 0 aliphatic carbocycles. The minimum atomic E-state index is -3.43. The maximum absolute atomic E-state index is 12.6. The highest BCUT2D eigenvalue weighted by atomic mass is 32.2. The van der Waals surface area contributed by atoms with E-state index >= 15 is 0 Å². The first-order valence-corrected chi connectivity index (χ1v) is 9.39. The molecule has 0 saturated heterocycles. The van der Waals surface area contributed by atoms with Crippen molar-refractivity contribution >= 4 is 20.9 Å². The van der Waals surface area contributed by atoms with Gasteiger partial charge in [-0.25, -0.2) is 13.4 Å². The smallest absolute Gasteiger partial charge is 0.228 e. The lowest BCUT2D eigenvalue weighted by atomic mass is 10.1. The quantitative estimate of drug-likeness (QED) is 0.750. The Morgan fingerprint density at radius 2 is 1.87 bits per heavy atom. The van der Waals surface area contributed by atoms with Crippen molar-refractivity contribution in [3.8, 4) is 0 Å². The number of imidazole rings is 1. The van der Waals surface area contributed by atoms with Crippen molar-refractivity contribution in [1.29, 1.82) is 0 Å². The predicted molar refractivity (Wildman–Crippen MR) is 95.2 cm³/mol. The van der Waals surface area contributed by atoms with E-state index in [9.17, 15) is 8.42 Å². The molecule has 0 saturated carbocycles. The van der Waals surface area contributed by atoms with Gasteiger partial charge in [-0.3, -0.25) is 0 Å². The summed E-state index contributed by atoms with van der Waals surface area (Å²) in [6, 6.07) is 7.45. The molecule has 2 rings (SSSR count). The van der Waals surface area contributed by atoms with E-state index in [-0.39, 0.29) is 10.9 Å². The summed E-state index contributed by atoms with van der Waals surface area (Å²) in [4.78, 5) is 4.28. The number of fused-ring (bicyclic) bond motifs is 1. The van der Waals surface area contributed by atoms with Gasteiger partial charge in [-0.05, 0) is 45.7 Å². The van der Waals surface area contributed by atoms with E-state index in [1.807, 2.05) is 31.2 Å². The van der Waals surface area contributed by atoms with Crippen LogP contribution in [0.5, 0.6) is 0 Å². The average molecular weight is 332 g/mol. The molecule has 0 aliphatic rings. The lowest BCUT2D eigenvalue weighted by Gasteiger charge is -2.03. The molecule has 1 aromatic carbocycles. The van der Waals surface area contributed by atoms with Gasteiger partial charge < -0.3 is 4.57 Å². The Morgan fingerprint density at radius 3 is 2.52 bits per heavy atom. The van der Waals surface area contributed by atoms with E-state index in [4.69, 9.17) is 0 Å². The molecule has 0 fully saturated rings. The Labute approximate surface area is 138 Å². The van der Waals surface area contributed by atoms with Gasteiger partial charge in [0.1, 0.15) is 0 Å². The van der Waals surface area contributed by atoms with Gasteiger partial charge in [0, 0.05) is 7.05 Å². The van der Waals surface area contributed by atoms with Crippen molar-refractivity contribution in [3.05, 3.63) is 47.6 Å². The Balaban J connectivity index is 2.18. The molecule has 0 aliphatic heterocycles. The van der Waals surface area contributed by atoms with Gasteiger partial charge in [-0.1, -0.05) is 35.4 Å². The van der Waals surface area contributed by atoms with Gasteiger partial charge in [0.15, 0.2) is 0 Å². The van der Waals surface area contributed by atoms with Gasteiger partial charge >= 0.3 is 0 Å². The van der Waals surface area contributed by atoms with Crippen LogP contribution in [0.25, 0.3) is 11.0 Å². The summed E-state index contributed by atoms with van der Waals surface area (Å²) < 4.78 is 26.8. The SMILES string of the molecule is CC(C)=CCC/C(C)=C/CS(=O)(=O)c1nc2ccccc2n1C. The second kappa shape index (κ2) is 7.13. The zero-order valence-electron chi connectivity index (χ0n) is 14.2. The number of benzene rings is 1. The van der Waals surface area contributed by atoms with Crippen LogP contribution in [-0.4, -0.2) is 23.7 Å². The third-order valence-corrected chi connectivity index (χ3v) is 5.29. The molecule has 0 atom stereocenters. The zero-order valence-corrected chi connectivity index (χ0v) is 15.0. The molecule has 5 heteroatoms. The Bertz CT molecular complexity index is 854. The summed E-state index contributed by atoms with van der Waals surface area (Å²) >= 11 is 0. The van der Waals surface area contributed by atoms with Crippen molar-refractivity contribution in [2.45, 2.75) is 38.8 Å². The number of sulfone groups is 1. The molecule has 0 radical (unpaired) electrons. The van der Waals surface area contributed by atoms with Gasteiger partial charge in [0.05, 0.1) is 16.8 Å². The summed E-state index contributed by atoms with van der Waals surface area (Å²) in [5, 5.41) is 0.132. The van der Waals surface area contributed by atoms with Crippen LogP contribution in [0, 0.1) is 0 Å². The van der Waals surface area contributed by atoms with Crippen LogP contribution in [0.15, 0.2) is 52.7 Å². The average Bonchev–Trinajstić information content (AvgIpc) is 2.83. The fourth-order valence-electron chi connectivity index (χ4n) is 2.42. The van der Waals surface area contributed by atoms with Crippen molar-refractivity contribution < 1.29 is 8.42 Å². The molecule has 4 nitrogen and oxygen atoms in total. The van der Waals surface area contributed by atoms with Crippen LogP contribution in [0.3, 0.4) is 0 Å². The van der Waals surface area contributed by atoms with Gasteiger partial charge in [0.25, 0.3) is 0 Å². The third-order valence-electron chi connectivity index (χ3n) is 3.77. The van der Waals surface area contributed by atoms with E-state index in [1.54, 1.807) is 17.7 Å². The fraction of sp³-hybridized carbons (Fsp3) is 0.389. The monoisotopic (exact) mass is 332 g/mol. The summed E-state index contributed by atoms with van der Waals surface area (Å²) in [6.45, 7) is 6.10. The first-order valence-electron chi connectivity index (χ1n) is 7.74. The summed E-state index contributed by atoms with van der Waals surface area (Å²) in [5.41, 5.74) is 3.91. The van der Waals surface area contributed by atoms with Crippen molar-refractivity contribution in [3.63, 3.8) is 0 Å². The highest BCUT2D eigenvalue weighted by Gasteiger charge is 2.20. The minimum absolute atomic E-state index is 0.00911. The number of nitrogens with zero attached hydrogens (tertiary/aromatic N) is 2. The summed E-state index contributed by atoms with van der Waals surface area (Å²) in [7, 11) is -1.69. The minimum Gasteiger partial charge on any atom is -0.318 e. The lowest BCUT2D eigenvalue weighted by molar-refractivity contribution is 0.583. The van der Waals surface area contributed by atoms with Crippen LogP contribution in [0.1, 0.15) is 33.6 Å². The molecule has 0 amide bonds. The number of rotatable bonds is 6. The highest BCUT2D eigenvalue weighted by molar-refractivity contribution is 7.91. The molecule has 0 N–H and O–H groups in total. The predicted octanol–water partition coefficient (Wildman–Crippen LogP) is 4.04. The number of allylic oxidation sites excluding steroid dienone is 3. The molecular formula is C18H24N2O2S. The van der Waals surface area contributed by atoms with E-state index < -0.39 is 9.84 Å². The van der Waals surface area contributed by atoms with E-state index in [0.717, 1.165) is 23.9 Å². The Morgan fingerprint density at radius 1 is 1.17 bits per heavy atom. The highest BCUT2D eigenvalue weighted by Crippen LogP contribution is 2.19. The topological polar surface area (TPSA) is 52.0 Å². The Kier molecular flexibility index (Phi) is 5.42. The third kappa shape index (κ3) is 4.32. The maximum atomic E-state index is 12.6. The lowest BCUT2D eigenvalue weighted by Crippen LogP contribution is -2.11. The zero-order chi connectivity index (χ0) is 17.0. The largest absolute Gasteiger partial charge is 0.318 e. The summed E-state index contributed by atoms with van der Waals surface area (Å²) in [6.07, 6.45) is 5.78. The normalized spacial score (nSPS) is 12.6. The van der Waals surface area contributed by atoms with Crippen LogP contribution in [0.2, 0.25) is 0 Å². The van der Waals surface area contributed by atoms with Crippen LogP contribution in [-0.2, 0) is 16.9 Å². The fourth-order valence-corrected chi connectivity index (χ4v) is 3.82. The molecule has 0 bridgehead atoms. The van der Waals surface area contributed by atoms with Crippen molar-refractivity contribution in [2.75, 3.05) is 5.75 Å². The van der Waals surface area contributed by atoms with Crippen molar-refractivity contribution in [2.24, 2.45) is 7.05 Å². The molecule has 0 unspecified atom stereocenters. The Hall–Kier alpha value is -1.88. The number of aromatic nitrogens is 2. The molecule has 124 valence electrons. The van der Waals surface area contributed by atoms with E-state index in [0.29, 0.717) is 5.52 Å². The molecule has 2 aromatic rings. The molecule has 23 heavy (non-hydrogen) atoms. The maximum Gasteiger partial charge on any atom is 0.228 e. The summed E-state index contributed by atoms with van der Waals surface area (Å²) in [5.74, 6) is -0.00911. The standard InChI is InChI=1S/C18H24N2O2S/c1-14(2)8-7-9-15(3)12-13-23(21,22)18-19-16-10-5-6-11-17(16)20(18)4/h5-6,8,10-12H,7,9,13H2,1-4H3/b15-12+.